The maximum atomic E-state index is 5.81. The lowest BCUT2D eigenvalue weighted by Gasteiger charge is -2.10. The van der Waals surface area contributed by atoms with Gasteiger partial charge in [-0.15, -0.1) is 0 Å². The van der Waals surface area contributed by atoms with E-state index in [1.165, 1.54) is 22.2 Å². The standard InChI is InChI=1S/C16H24N2O/c1-11(2)19-13-6-7-16-15(10-13)14(8-9-17-4)12(3)18(16)5/h6-7,10-11,17H,8-9H2,1-5H3. The minimum Gasteiger partial charge on any atom is -0.491 e. The Hall–Kier alpha value is -1.48. The third-order valence-corrected chi connectivity index (χ3v) is 3.59. The predicted octanol–water partition coefficient (Wildman–Crippen LogP) is 3.04. The average Bonchev–Trinajstić information content (AvgIpc) is 2.59. The number of nitrogens with zero attached hydrogens (tertiary/aromatic N) is 1. The second kappa shape index (κ2) is 5.66. The van der Waals surface area contributed by atoms with Gasteiger partial charge in [0.25, 0.3) is 0 Å². The molecule has 0 unspecified atom stereocenters. The molecule has 0 saturated heterocycles. The summed E-state index contributed by atoms with van der Waals surface area (Å²) in [5.41, 5.74) is 4.03. The molecule has 2 rings (SSSR count). The van der Waals surface area contributed by atoms with Gasteiger partial charge in [0.2, 0.25) is 0 Å². The van der Waals surface area contributed by atoms with E-state index in [0.717, 1.165) is 18.7 Å². The second-order valence-electron chi connectivity index (χ2n) is 5.32. The minimum atomic E-state index is 0.211. The van der Waals surface area contributed by atoms with Gasteiger partial charge in [-0.2, -0.15) is 0 Å². The van der Waals surface area contributed by atoms with Crippen LogP contribution in [0.3, 0.4) is 0 Å². The quantitative estimate of drug-likeness (QED) is 0.894. The smallest absolute Gasteiger partial charge is 0.120 e. The molecule has 0 aliphatic carbocycles. The van der Waals surface area contributed by atoms with Crippen LogP contribution >= 0.6 is 0 Å². The van der Waals surface area contributed by atoms with E-state index in [1.807, 2.05) is 7.05 Å². The van der Waals surface area contributed by atoms with E-state index in [-0.39, 0.29) is 6.10 Å². The molecule has 1 N–H and O–H groups in total. The number of benzene rings is 1. The van der Waals surface area contributed by atoms with Crippen molar-refractivity contribution in [2.24, 2.45) is 7.05 Å². The van der Waals surface area contributed by atoms with E-state index in [1.54, 1.807) is 0 Å². The summed E-state index contributed by atoms with van der Waals surface area (Å²) in [6.07, 6.45) is 1.26. The van der Waals surface area contributed by atoms with Crippen LogP contribution in [0.4, 0.5) is 0 Å². The Morgan fingerprint density at radius 1 is 1.32 bits per heavy atom. The summed E-state index contributed by atoms with van der Waals surface area (Å²) in [5.74, 6) is 0.957. The molecular weight excluding hydrogens is 236 g/mol. The first-order valence-electron chi connectivity index (χ1n) is 6.93. The fourth-order valence-corrected chi connectivity index (χ4v) is 2.54. The van der Waals surface area contributed by atoms with E-state index in [4.69, 9.17) is 4.74 Å². The minimum absolute atomic E-state index is 0.211. The summed E-state index contributed by atoms with van der Waals surface area (Å²) in [7, 11) is 4.12. The van der Waals surface area contributed by atoms with Gasteiger partial charge in [-0.3, -0.25) is 0 Å². The van der Waals surface area contributed by atoms with Gasteiger partial charge >= 0.3 is 0 Å². The molecule has 1 aromatic carbocycles. The third kappa shape index (κ3) is 2.76. The zero-order valence-corrected chi connectivity index (χ0v) is 12.6. The maximum absolute atomic E-state index is 5.81. The van der Waals surface area contributed by atoms with E-state index in [0.29, 0.717) is 0 Å². The summed E-state index contributed by atoms with van der Waals surface area (Å²) < 4.78 is 8.07. The van der Waals surface area contributed by atoms with E-state index in [2.05, 4.69) is 55.9 Å². The topological polar surface area (TPSA) is 26.2 Å². The lowest BCUT2D eigenvalue weighted by atomic mass is 10.1. The molecule has 0 spiro atoms. The van der Waals surface area contributed by atoms with Crippen molar-refractivity contribution in [3.8, 4) is 5.75 Å². The molecule has 0 atom stereocenters. The van der Waals surface area contributed by atoms with Crippen molar-refractivity contribution in [3.63, 3.8) is 0 Å². The monoisotopic (exact) mass is 260 g/mol. The molecule has 1 aromatic heterocycles. The zero-order valence-electron chi connectivity index (χ0n) is 12.6. The Bertz CT molecular complexity index is 570. The number of fused-ring (bicyclic) bond motifs is 1. The first kappa shape index (κ1) is 13.9. The van der Waals surface area contributed by atoms with Crippen molar-refractivity contribution in [2.75, 3.05) is 13.6 Å². The number of hydrogen-bond acceptors (Lipinski definition) is 2. The van der Waals surface area contributed by atoms with Crippen LogP contribution < -0.4 is 10.1 Å². The van der Waals surface area contributed by atoms with Crippen molar-refractivity contribution >= 4 is 10.9 Å². The number of aryl methyl sites for hydroxylation is 1. The molecule has 3 nitrogen and oxygen atoms in total. The van der Waals surface area contributed by atoms with Gasteiger partial charge < -0.3 is 14.6 Å². The Balaban J connectivity index is 2.49. The summed E-state index contributed by atoms with van der Waals surface area (Å²) in [5, 5.41) is 4.54. The molecule has 3 heteroatoms. The Labute approximate surface area is 115 Å². The molecule has 0 aliphatic heterocycles. The second-order valence-corrected chi connectivity index (χ2v) is 5.32. The van der Waals surface area contributed by atoms with Gasteiger partial charge in [0.05, 0.1) is 6.10 Å². The van der Waals surface area contributed by atoms with Crippen LogP contribution in [0.5, 0.6) is 5.75 Å². The van der Waals surface area contributed by atoms with Gasteiger partial charge in [0.15, 0.2) is 0 Å². The number of nitrogens with one attached hydrogen (secondary N) is 1. The molecule has 0 fully saturated rings. The molecule has 1 heterocycles. The molecular formula is C16H24N2O. The highest BCUT2D eigenvalue weighted by Crippen LogP contribution is 2.29. The van der Waals surface area contributed by atoms with Crippen LogP contribution in [-0.4, -0.2) is 24.3 Å². The van der Waals surface area contributed by atoms with Crippen LogP contribution in [0.25, 0.3) is 10.9 Å². The van der Waals surface area contributed by atoms with Gasteiger partial charge in [-0.25, -0.2) is 0 Å². The van der Waals surface area contributed by atoms with Crippen molar-refractivity contribution < 1.29 is 4.74 Å². The van der Waals surface area contributed by atoms with Crippen LogP contribution in [0, 0.1) is 6.92 Å². The van der Waals surface area contributed by atoms with Gasteiger partial charge in [0.1, 0.15) is 5.75 Å². The van der Waals surface area contributed by atoms with Crippen LogP contribution in [-0.2, 0) is 13.5 Å². The summed E-state index contributed by atoms with van der Waals surface area (Å²) in [6, 6.07) is 6.39. The van der Waals surface area contributed by atoms with E-state index < -0.39 is 0 Å². The zero-order chi connectivity index (χ0) is 14.0. The Morgan fingerprint density at radius 3 is 2.68 bits per heavy atom. The van der Waals surface area contributed by atoms with Gasteiger partial charge in [-0.1, -0.05) is 0 Å². The van der Waals surface area contributed by atoms with Crippen LogP contribution in [0.1, 0.15) is 25.1 Å². The largest absolute Gasteiger partial charge is 0.491 e. The number of ether oxygens (including phenoxy) is 1. The van der Waals surface area contributed by atoms with Gasteiger partial charge in [-0.05, 0) is 64.5 Å². The molecule has 19 heavy (non-hydrogen) atoms. The molecule has 0 bridgehead atoms. The molecule has 104 valence electrons. The summed E-state index contributed by atoms with van der Waals surface area (Å²) in [4.78, 5) is 0. The highest BCUT2D eigenvalue weighted by atomic mass is 16.5. The first-order chi connectivity index (χ1) is 9.04. The molecule has 2 aromatic rings. The van der Waals surface area contributed by atoms with E-state index >= 15 is 0 Å². The highest BCUT2D eigenvalue weighted by molar-refractivity contribution is 5.86. The SMILES string of the molecule is CNCCc1c(C)n(C)c2ccc(OC(C)C)cc12. The molecule has 0 amide bonds. The molecule has 0 aliphatic rings. The van der Waals surface area contributed by atoms with Crippen molar-refractivity contribution in [2.45, 2.75) is 33.3 Å². The highest BCUT2D eigenvalue weighted by Gasteiger charge is 2.12. The number of likely N-dealkylation sites (N-methyl/N-ethyl adjacent to an activating group) is 1. The third-order valence-electron chi connectivity index (χ3n) is 3.59. The predicted molar refractivity (Wildman–Crippen MR) is 81.1 cm³/mol. The van der Waals surface area contributed by atoms with Gasteiger partial charge in [0, 0.05) is 23.6 Å². The summed E-state index contributed by atoms with van der Waals surface area (Å²) >= 11 is 0. The Morgan fingerprint density at radius 2 is 2.05 bits per heavy atom. The Kier molecular flexibility index (Phi) is 4.15. The lowest BCUT2D eigenvalue weighted by Crippen LogP contribution is -2.11. The normalized spacial score (nSPS) is 11.5. The molecule has 0 saturated carbocycles. The number of aromatic nitrogens is 1. The van der Waals surface area contributed by atoms with Crippen LogP contribution in [0.15, 0.2) is 18.2 Å². The first-order valence-corrected chi connectivity index (χ1v) is 6.93. The van der Waals surface area contributed by atoms with Crippen molar-refractivity contribution in [3.05, 3.63) is 29.5 Å². The van der Waals surface area contributed by atoms with Crippen molar-refractivity contribution in [1.82, 2.24) is 9.88 Å². The fraction of sp³-hybridized carbons (Fsp3) is 0.500. The summed E-state index contributed by atoms with van der Waals surface area (Å²) in [6.45, 7) is 7.30. The number of rotatable bonds is 5. The van der Waals surface area contributed by atoms with Crippen molar-refractivity contribution in [1.29, 1.82) is 0 Å². The lowest BCUT2D eigenvalue weighted by molar-refractivity contribution is 0.243. The maximum Gasteiger partial charge on any atom is 0.120 e. The van der Waals surface area contributed by atoms with Crippen LogP contribution in [0.2, 0.25) is 0 Å². The average molecular weight is 260 g/mol. The van der Waals surface area contributed by atoms with E-state index in [9.17, 15) is 0 Å². The number of hydrogen-bond donors (Lipinski definition) is 1. The molecule has 0 radical (unpaired) electrons. The fourth-order valence-electron chi connectivity index (χ4n) is 2.54.